The summed E-state index contributed by atoms with van der Waals surface area (Å²) in [6.07, 6.45) is 0.611. The van der Waals surface area contributed by atoms with Crippen LogP contribution >= 0.6 is 38.9 Å². The van der Waals surface area contributed by atoms with Crippen molar-refractivity contribution in [1.82, 2.24) is 15.5 Å². The van der Waals surface area contributed by atoms with Crippen LogP contribution in [0.4, 0.5) is 10.8 Å². The van der Waals surface area contributed by atoms with Gasteiger partial charge in [-0.15, -0.1) is 10.2 Å². The van der Waals surface area contributed by atoms with Crippen LogP contribution in [0.1, 0.15) is 30.6 Å². The summed E-state index contributed by atoms with van der Waals surface area (Å²) >= 11 is 10.4. The van der Waals surface area contributed by atoms with E-state index in [1.54, 1.807) is 0 Å². The van der Waals surface area contributed by atoms with Crippen molar-refractivity contribution in [2.45, 2.75) is 26.3 Å². The molecule has 0 bridgehead atoms. The van der Waals surface area contributed by atoms with Crippen LogP contribution in [-0.4, -0.2) is 33.0 Å². The highest BCUT2D eigenvalue weighted by molar-refractivity contribution is 9.10. The van der Waals surface area contributed by atoms with E-state index >= 15 is 0 Å². The maximum atomic E-state index is 13.0. The average Bonchev–Trinajstić information content (AvgIpc) is 3.25. The fourth-order valence-electron chi connectivity index (χ4n) is 2.89. The molecule has 0 saturated heterocycles. The van der Waals surface area contributed by atoms with E-state index in [2.05, 4.69) is 36.8 Å². The van der Waals surface area contributed by atoms with Crippen molar-refractivity contribution >= 4 is 61.5 Å². The topological polar surface area (TPSA) is 127 Å². The number of aromatic nitrogens is 2. The predicted octanol–water partition coefficient (Wildman–Crippen LogP) is 5.31. The molecule has 2 N–H and O–H groups in total. The lowest BCUT2D eigenvalue weighted by Crippen LogP contribution is -2.47. The second-order valence-corrected chi connectivity index (χ2v) is 9.47. The molecule has 2 aromatic carbocycles. The number of hydrogen-bond acceptors (Lipinski definition) is 7. The molecule has 9 nitrogen and oxygen atoms in total. The smallest absolute Gasteiger partial charge is 0.288 e. The highest BCUT2D eigenvalue weighted by Crippen LogP contribution is 2.28. The van der Waals surface area contributed by atoms with Crippen molar-refractivity contribution in [1.29, 1.82) is 0 Å². The minimum absolute atomic E-state index is 0.0284. The summed E-state index contributed by atoms with van der Waals surface area (Å²) in [6, 6.07) is 10.3. The van der Waals surface area contributed by atoms with Crippen LogP contribution in [0.15, 0.2) is 46.9 Å². The number of halogens is 2. The Bertz CT molecular complexity index is 1190. The minimum Gasteiger partial charge on any atom is -0.340 e. The normalized spacial score (nSPS) is 12.6. The predicted molar refractivity (Wildman–Crippen MR) is 130 cm³/mol. The molecule has 33 heavy (non-hydrogen) atoms. The fourth-order valence-corrected chi connectivity index (χ4v) is 4.09. The van der Waals surface area contributed by atoms with Gasteiger partial charge in [-0.05, 0) is 30.2 Å². The molecule has 172 valence electrons. The van der Waals surface area contributed by atoms with E-state index in [9.17, 15) is 19.7 Å². The number of carbonyl (C=O) groups is 2. The van der Waals surface area contributed by atoms with Crippen molar-refractivity contribution in [3.63, 3.8) is 0 Å². The number of benzene rings is 2. The molecule has 0 saturated carbocycles. The van der Waals surface area contributed by atoms with Crippen LogP contribution in [-0.2, 0) is 4.79 Å². The molecule has 0 aliphatic heterocycles. The lowest BCUT2D eigenvalue weighted by Gasteiger charge is -2.23. The summed E-state index contributed by atoms with van der Waals surface area (Å²) in [7, 11) is 0. The molecular weight excluding hydrogens is 534 g/mol. The fraction of sp³-hybridized carbons (Fsp3) is 0.238. The Morgan fingerprint density at radius 2 is 1.91 bits per heavy atom. The minimum atomic E-state index is -0.891. The third kappa shape index (κ3) is 6.12. The van der Waals surface area contributed by atoms with E-state index in [4.69, 9.17) is 11.6 Å². The zero-order valence-corrected chi connectivity index (χ0v) is 20.7. The number of nitrogens with one attached hydrogen (secondary N) is 2. The third-order valence-corrected chi connectivity index (χ3v) is 6.67. The Hall–Kier alpha value is -2.89. The molecule has 0 fully saturated rings. The van der Waals surface area contributed by atoms with Gasteiger partial charge in [-0.1, -0.05) is 71.3 Å². The molecule has 12 heteroatoms. The van der Waals surface area contributed by atoms with Crippen LogP contribution in [0.3, 0.4) is 0 Å². The summed E-state index contributed by atoms with van der Waals surface area (Å²) < 4.78 is 0.933. The van der Waals surface area contributed by atoms with Crippen LogP contribution in [0.2, 0.25) is 5.02 Å². The van der Waals surface area contributed by atoms with Gasteiger partial charge in [0.05, 0.1) is 4.92 Å². The van der Waals surface area contributed by atoms with Gasteiger partial charge in [0.2, 0.25) is 11.0 Å². The third-order valence-electron chi connectivity index (χ3n) is 4.93. The van der Waals surface area contributed by atoms with Crippen LogP contribution in [0.5, 0.6) is 0 Å². The quantitative estimate of drug-likeness (QED) is 0.288. The lowest BCUT2D eigenvalue weighted by molar-refractivity contribution is -0.384. The van der Waals surface area contributed by atoms with Crippen molar-refractivity contribution in [3.05, 3.63) is 67.6 Å². The van der Waals surface area contributed by atoms with Crippen molar-refractivity contribution in [3.8, 4) is 10.6 Å². The number of nitro groups is 1. The molecule has 0 spiro atoms. The van der Waals surface area contributed by atoms with E-state index in [0.29, 0.717) is 16.6 Å². The second kappa shape index (κ2) is 10.8. The average molecular weight is 553 g/mol. The van der Waals surface area contributed by atoms with E-state index in [1.165, 1.54) is 23.5 Å². The SMILES string of the molecule is CC[C@@H](C)[C@H](NC(=O)c1ccc(Cl)c([N+](=O)[O-])c1)C(=O)Nc1nnc(-c2ccc(Br)cc2)s1. The van der Waals surface area contributed by atoms with Gasteiger partial charge in [-0.3, -0.25) is 25.0 Å². The van der Waals surface area contributed by atoms with E-state index in [-0.39, 0.29) is 22.2 Å². The van der Waals surface area contributed by atoms with E-state index in [0.717, 1.165) is 16.1 Å². The molecule has 0 aliphatic carbocycles. The molecule has 1 heterocycles. The van der Waals surface area contributed by atoms with Gasteiger partial charge < -0.3 is 5.32 Å². The van der Waals surface area contributed by atoms with E-state index < -0.39 is 22.8 Å². The Morgan fingerprint density at radius 3 is 2.55 bits per heavy atom. The van der Waals surface area contributed by atoms with E-state index in [1.807, 2.05) is 38.1 Å². The number of nitro benzene ring substituents is 1. The van der Waals surface area contributed by atoms with Crippen LogP contribution < -0.4 is 10.6 Å². The molecule has 1 aromatic heterocycles. The first kappa shape index (κ1) is 24.7. The van der Waals surface area contributed by atoms with Crippen molar-refractivity contribution in [2.75, 3.05) is 5.32 Å². The van der Waals surface area contributed by atoms with Gasteiger partial charge in [-0.25, -0.2) is 0 Å². The number of rotatable bonds is 8. The summed E-state index contributed by atoms with van der Waals surface area (Å²) in [5.41, 5.74) is 0.496. The Balaban J connectivity index is 1.76. The van der Waals surface area contributed by atoms with Crippen LogP contribution in [0.25, 0.3) is 10.6 Å². The van der Waals surface area contributed by atoms with Gasteiger partial charge in [0.15, 0.2) is 0 Å². The number of nitrogens with zero attached hydrogens (tertiary/aromatic N) is 3. The molecule has 0 aliphatic rings. The second-order valence-electron chi connectivity index (χ2n) is 7.17. The molecule has 2 amide bonds. The van der Waals surface area contributed by atoms with Crippen LogP contribution in [0, 0.1) is 16.0 Å². The number of amides is 2. The summed E-state index contributed by atoms with van der Waals surface area (Å²) in [4.78, 5) is 36.2. The lowest BCUT2D eigenvalue weighted by atomic mass is 9.98. The monoisotopic (exact) mass is 551 g/mol. The highest BCUT2D eigenvalue weighted by Gasteiger charge is 2.28. The number of carbonyl (C=O) groups excluding carboxylic acids is 2. The first-order valence-corrected chi connectivity index (χ1v) is 11.8. The van der Waals surface area contributed by atoms with Crippen molar-refractivity contribution in [2.24, 2.45) is 5.92 Å². The number of hydrogen-bond donors (Lipinski definition) is 2. The molecule has 3 aromatic rings. The Kier molecular flexibility index (Phi) is 8.11. The largest absolute Gasteiger partial charge is 0.340 e. The molecule has 0 unspecified atom stereocenters. The maximum absolute atomic E-state index is 13.0. The van der Waals surface area contributed by atoms with Crippen molar-refractivity contribution < 1.29 is 14.5 Å². The summed E-state index contributed by atoms with van der Waals surface area (Å²) in [5, 5.41) is 25.5. The molecule has 0 radical (unpaired) electrons. The van der Waals surface area contributed by atoms with Gasteiger partial charge >= 0.3 is 0 Å². The Morgan fingerprint density at radius 1 is 1.21 bits per heavy atom. The zero-order chi connectivity index (χ0) is 24.1. The zero-order valence-electron chi connectivity index (χ0n) is 17.5. The van der Waals surface area contributed by atoms with Gasteiger partial charge in [-0.2, -0.15) is 0 Å². The van der Waals surface area contributed by atoms with Gasteiger partial charge in [0.1, 0.15) is 16.1 Å². The highest BCUT2D eigenvalue weighted by atomic mass is 79.9. The van der Waals surface area contributed by atoms with Gasteiger partial charge in [0.25, 0.3) is 11.6 Å². The molecule has 2 atom stereocenters. The molecular formula is C21H19BrClN5O4S. The maximum Gasteiger partial charge on any atom is 0.288 e. The molecule has 3 rings (SSSR count). The van der Waals surface area contributed by atoms with Gasteiger partial charge in [0, 0.05) is 21.7 Å². The number of anilines is 1. The first-order chi connectivity index (χ1) is 15.7. The standard InChI is InChI=1S/C21H19BrClN5O4S/c1-3-11(2)17(24-18(29)13-6-9-15(23)16(10-13)28(31)32)19(30)25-21-27-26-20(33-21)12-4-7-14(22)8-5-12/h4-11,17H,3H2,1-2H3,(H,24,29)(H,25,27,30)/t11-,17+/m1/s1. The summed E-state index contributed by atoms with van der Waals surface area (Å²) in [6.45, 7) is 3.71. The first-order valence-electron chi connectivity index (χ1n) is 9.84. The summed E-state index contributed by atoms with van der Waals surface area (Å²) in [5.74, 6) is -1.29. The Labute approximate surface area is 206 Å².